The molecule has 8 nitrogen and oxygen atoms in total. The quantitative estimate of drug-likeness (QED) is 0.157. The van der Waals surface area contributed by atoms with E-state index in [2.05, 4.69) is 20.6 Å². The first kappa shape index (κ1) is 32.5. The van der Waals surface area contributed by atoms with E-state index in [0.29, 0.717) is 19.4 Å². The minimum absolute atomic E-state index is 0.116. The van der Waals surface area contributed by atoms with Crippen LogP contribution < -0.4 is 10.6 Å². The molecule has 2 heterocycles. The van der Waals surface area contributed by atoms with Gasteiger partial charge in [0.15, 0.2) is 6.04 Å². The van der Waals surface area contributed by atoms with Gasteiger partial charge in [0.25, 0.3) is 18.2 Å². The normalized spacial score (nSPS) is 18.2. The van der Waals surface area contributed by atoms with Gasteiger partial charge in [0.1, 0.15) is 11.9 Å². The summed E-state index contributed by atoms with van der Waals surface area (Å²) in [5.74, 6) is -1.72. The summed E-state index contributed by atoms with van der Waals surface area (Å²) in [5.41, 5.74) is -2.44. The number of halogens is 5. The van der Waals surface area contributed by atoms with Gasteiger partial charge in [0, 0.05) is 36.5 Å². The Balaban J connectivity index is 2.49. The van der Waals surface area contributed by atoms with E-state index in [4.69, 9.17) is 12.2 Å². The van der Waals surface area contributed by atoms with E-state index in [0.717, 1.165) is 12.3 Å². The van der Waals surface area contributed by atoms with Crippen LogP contribution in [0.3, 0.4) is 0 Å². The number of amides is 2. The van der Waals surface area contributed by atoms with Crippen LogP contribution in [0.1, 0.15) is 71.4 Å². The third kappa shape index (κ3) is 8.88. The lowest BCUT2D eigenvalue weighted by Gasteiger charge is -2.27. The van der Waals surface area contributed by atoms with Gasteiger partial charge in [0.2, 0.25) is 0 Å². The summed E-state index contributed by atoms with van der Waals surface area (Å²) in [6.07, 6.45) is -5.83. The number of aliphatic hydroxyl groups is 1. The zero-order valence-corrected chi connectivity index (χ0v) is 23.2. The number of anilines is 1. The molecule has 0 radical (unpaired) electrons. The van der Waals surface area contributed by atoms with Crippen LogP contribution in [0.15, 0.2) is 17.3 Å². The molecule has 1 aromatic rings. The van der Waals surface area contributed by atoms with Crippen molar-refractivity contribution in [2.45, 2.75) is 90.2 Å². The van der Waals surface area contributed by atoms with E-state index in [1.54, 1.807) is 0 Å². The average molecular weight is 580 g/mol. The van der Waals surface area contributed by atoms with Crippen molar-refractivity contribution in [2.24, 2.45) is 4.99 Å². The first-order valence-electron chi connectivity index (χ1n) is 12.5. The average Bonchev–Trinajstić information content (AvgIpc) is 3.27. The van der Waals surface area contributed by atoms with Crippen molar-refractivity contribution >= 4 is 40.4 Å². The molecule has 1 saturated heterocycles. The predicted octanol–water partition coefficient (Wildman–Crippen LogP) is 4.22. The number of carbonyl (C=O) groups excluding carboxylic acids is 2. The Kier molecular flexibility index (Phi) is 10.9. The highest BCUT2D eigenvalue weighted by molar-refractivity contribution is 7.81. The molecular formula is C25H34F5N5O3S. The maximum atomic E-state index is 14.1. The van der Waals surface area contributed by atoms with Crippen molar-refractivity contribution in [3.05, 3.63) is 23.4 Å². The topological polar surface area (TPSA) is 107 Å². The first-order chi connectivity index (χ1) is 18.0. The molecule has 218 valence electrons. The molecule has 1 aliphatic heterocycles. The minimum atomic E-state index is -4.63. The van der Waals surface area contributed by atoms with Gasteiger partial charge >= 0.3 is 6.18 Å². The zero-order valence-electron chi connectivity index (χ0n) is 22.4. The van der Waals surface area contributed by atoms with Gasteiger partial charge in [-0.3, -0.25) is 14.6 Å². The zero-order chi connectivity index (χ0) is 29.7. The summed E-state index contributed by atoms with van der Waals surface area (Å²) in [6, 6.07) is -2.94. The third-order valence-corrected chi connectivity index (χ3v) is 6.66. The number of alkyl halides is 5. The van der Waals surface area contributed by atoms with E-state index in [9.17, 15) is 36.6 Å². The fourth-order valence-corrected chi connectivity index (χ4v) is 4.32. The number of nitrogens with zero attached hydrogens (tertiary/aromatic N) is 3. The van der Waals surface area contributed by atoms with Crippen LogP contribution >= 0.6 is 12.2 Å². The maximum absolute atomic E-state index is 14.1. The van der Waals surface area contributed by atoms with Crippen LogP contribution in [0.2, 0.25) is 0 Å². The second-order valence-electron chi connectivity index (χ2n) is 10.1. The highest BCUT2D eigenvalue weighted by atomic mass is 32.1. The molecule has 3 N–H and O–H groups in total. The van der Waals surface area contributed by atoms with Gasteiger partial charge < -0.3 is 20.6 Å². The molecule has 1 aliphatic rings. The molecule has 2 amide bonds. The molecule has 0 aliphatic carbocycles. The molecule has 3 atom stereocenters. The van der Waals surface area contributed by atoms with Crippen LogP contribution in [0.5, 0.6) is 0 Å². The summed E-state index contributed by atoms with van der Waals surface area (Å²) in [7, 11) is 0. The number of carbonyl (C=O) groups is 2. The Morgan fingerprint density at radius 3 is 2.44 bits per heavy atom. The molecule has 0 aromatic carbocycles. The highest BCUT2D eigenvalue weighted by Crippen LogP contribution is 2.30. The van der Waals surface area contributed by atoms with E-state index in [1.807, 2.05) is 6.92 Å². The van der Waals surface area contributed by atoms with Crippen LogP contribution in [-0.4, -0.2) is 80.4 Å². The number of aromatic nitrogens is 1. The molecule has 0 spiro atoms. The minimum Gasteiger partial charge on any atom is -0.389 e. The number of aliphatic imine (C=N–C) groups is 1. The van der Waals surface area contributed by atoms with Crippen molar-refractivity contribution in [1.29, 1.82) is 0 Å². The molecule has 1 aromatic heterocycles. The second kappa shape index (κ2) is 13.1. The van der Waals surface area contributed by atoms with E-state index < -0.39 is 53.5 Å². The van der Waals surface area contributed by atoms with Crippen LogP contribution in [-0.2, 0) is 9.59 Å². The van der Waals surface area contributed by atoms with E-state index in [-0.39, 0.29) is 35.1 Å². The van der Waals surface area contributed by atoms with Crippen LogP contribution in [0, 0.1) is 0 Å². The number of pyridine rings is 1. The molecule has 14 heteroatoms. The van der Waals surface area contributed by atoms with Crippen LogP contribution in [0.25, 0.3) is 0 Å². The number of hydrogen-bond acceptors (Lipinski definition) is 7. The Morgan fingerprint density at radius 2 is 1.95 bits per heavy atom. The molecule has 1 unspecified atom stereocenters. The monoisotopic (exact) mass is 579 g/mol. The lowest BCUT2D eigenvalue weighted by molar-refractivity contribution is -0.143. The summed E-state index contributed by atoms with van der Waals surface area (Å²) in [4.78, 5) is 35.3. The van der Waals surface area contributed by atoms with Gasteiger partial charge in [0.05, 0.1) is 16.2 Å². The van der Waals surface area contributed by atoms with Crippen molar-refractivity contribution in [1.82, 2.24) is 15.2 Å². The molecule has 2 rings (SSSR count). The summed E-state index contributed by atoms with van der Waals surface area (Å²) < 4.78 is 67.8. The van der Waals surface area contributed by atoms with E-state index in [1.165, 1.54) is 32.6 Å². The smallest absolute Gasteiger partial charge is 0.389 e. The molecular weight excluding hydrogens is 545 g/mol. The Bertz CT molecular complexity index is 1090. The molecule has 39 heavy (non-hydrogen) atoms. The summed E-state index contributed by atoms with van der Waals surface area (Å²) >= 11 is 5.44. The van der Waals surface area contributed by atoms with Gasteiger partial charge in [-0.25, -0.2) is 13.8 Å². The standard InChI is InChI=1S/C25H34F5N5O3S/c1-6-17(25(28,29)30)34-18-10-15(21(26)27)16(11-31-18)20(39)19(23(37)35-9-7-8-13(35)2)33-14(3)22(36)32-12-24(4,5)38/h10-11,13,17,19,21,38H,6-9,12H2,1-5H3,(H,31,34)(H,32,36)/b33-14+/t13-,17-,19?/m0/s1. The largest absolute Gasteiger partial charge is 0.408 e. The Morgan fingerprint density at radius 1 is 1.31 bits per heavy atom. The van der Waals surface area contributed by atoms with Gasteiger partial charge in [-0.05, 0) is 53.0 Å². The summed E-state index contributed by atoms with van der Waals surface area (Å²) in [6.45, 7) is 7.64. The highest BCUT2D eigenvalue weighted by Gasteiger charge is 2.39. The number of hydrogen-bond donors (Lipinski definition) is 3. The molecule has 0 bridgehead atoms. The van der Waals surface area contributed by atoms with Gasteiger partial charge in [-0.2, -0.15) is 13.2 Å². The van der Waals surface area contributed by atoms with Crippen molar-refractivity contribution < 1.29 is 36.6 Å². The Hall–Kier alpha value is -2.74. The molecule has 1 fully saturated rings. The van der Waals surface area contributed by atoms with Crippen molar-refractivity contribution in [2.75, 3.05) is 18.4 Å². The maximum Gasteiger partial charge on any atom is 0.408 e. The van der Waals surface area contributed by atoms with Crippen molar-refractivity contribution in [3.63, 3.8) is 0 Å². The molecule has 0 saturated carbocycles. The number of thiocarbonyl (C=S) groups is 1. The first-order valence-corrected chi connectivity index (χ1v) is 12.9. The second-order valence-corrected chi connectivity index (χ2v) is 10.5. The number of rotatable bonds is 11. The lowest BCUT2D eigenvalue weighted by atomic mass is 10.0. The fourth-order valence-electron chi connectivity index (χ4n) is 4.00. The van der Waals surface area contributed by atoms with Gasteiger partial charge in [-0.1, -0.05) is 19.1 Å². The number of likely N-dealkylation sites (tertiary alicyclic amines) is 1. The van der Waals surface area contributed by atoms with E-state index >= 15 is 0 Å². The predicted molar refractivity (Wildman–Crippen MR) is 141 cm³/mol. The fraction of sp³-hybridized carbons (Fsp3) is 0.640. The third-order valence-electron chi connectivity index (χ3n) is 6.21. The van der Waals surface area contributed by atoms with Crippen molar-refractivity contribution in [3.8, 4) is 0 Å². The van der Waals surface area contributed by atoms with Crippen LogP contribution in [0.4, 0.5) is 27.8 Å². The number of nitrogens with one attached hydrogen (secondary N) is 2. The lowest BCUT2D eigenvalue weighted by Crippen LogP contribution is -2.45. The Labute approximate surface area is 229 Å². The SMILES string of the molecule is CC[C@H](Nc1cc(C(F)F)c(C(=S)C(/N=C(\C)C(=O)NCC(C)(C)O)C(=O)N2CCC[C@@H]2C)cn1)C(F)(F)F. The van der Waals surface area contributed by atoms with Gasteiger partial charge in [-0.15, -0.1) is 0 Å². The summed E-state index contributed by atoms with van der Waals surface area (Å²) in [5, 5.41) is 14.5.